The Bertz CT molecular complexity index is 211. The van der Waals surface area contributed by atoms with Crippen molar-refractivity contribution in [2.45, 2.75) is 6.92 Å². The van der Waals surface area contributed by atoms with E-state index >= 15 is 0 Å². The summed E-state index contributed by atoms with van der Waals surface area (Å²) < 4.78 is 0. The minimum absolute atomic E-state index is 1.09. The Morgan fingerprint density at radius 1 is 1.33 bits per heavy atom. The molecule has 0 nitrogen and oxygen atoms in total. The molecule has 0 N–H and O–H groups in total. The third-order valence-corrected chi connectivity index (χ3v) is 1.34. The highest BCUT2D eigenvalue weighted by molar-refractivity contribution is 5.29. The molecular formula is C9H9. The van der Waals surface area contributed by atoms with Gasteiger partial charge in [0.25, 0.3) is 0 Å². The predicted octanol–water partition coefficient (Wildman–Crippen LogP) is 2.33. The Labute approximate surface area is 55.8 Å². The molecule has 0 aliphatic rings. The van der Waals surface area contributed by atoms with Crippen LogP contribution in [0.2, 0.25) is 0 Å². The molecule has 9 heavy (non-hydrogen) atoms. The standard InChI is InChI=1S/C9H9/c1-3-9-7-5-4-6-8(9)2/h4-7H,1H2,2H3. The molecule has 0 amide bonds. The van der Waals surface area contributed by atoms with Gasteiger partial charge in [-0.05, 0) is 24.1 Å². The van der Waals surface area contributed by atoms with Gasteiger partial charge < -0.3 is 0 Å². The van der Waals surface area contributed by atoms with Gasteiger partial charge in [0.2, 0.25) is 0 Å². The summed E-state index contributed by atoms with van der Waals surface area (Å²) in [4.78, 5) is 0. The third-order valence-electron chi connectivity index (χ3n) is 1.34. The van der Waals surface area contributed by atoms with E-state index in [1.54, 1.807) is 0 Å². The average molecular weight is 117 g/mol. The molecule has 0 bridgehead atoms. The highest BCUT2D eigenvalue weighted by Gasteiger charge is 1.87. The first-order valence-electron chi connectivity index (χ1n) is 2.93. The maximum Gasteiger partial charge on any atom is -0.0155 e. The molecule has 0 heteroatoms. The summed E-state index contributed by atoms with van der Waals surface area (Å²) in [5, 5.41) is 0. The fraction of sp³-hybridized carbons (Fsp3) is 0.111. The van der Waals surface area contributed by atoms with Crippen LogP contribution in [0.4, 0.5) is 0 Å². The van der Waals surface area contributed by atoms with Gasteiger partial charge in [0.05, 0.1) is 0 Å². The zero-order chi connectivity index (χ0) is 6.69. The maximum atomic E-state index is 3.57. The number of benzene rings is 1. The van der Waals surface area contributed by atoms with Crippen LogP contribution in [0.15, 0.2) is 30.8 Å². The van der Waals surface area contributed by atoms with Crippen molar-refractivity contribution in [2.24, 2.45) is 0 Å². The molecule has 45 valence electrons. The fourth-order valence-electron chi connectivity index (χ4n) is 0.771. The minimum Gasteiger partial charge on any atom is -0.0905 e. The molecule has 0 heterocycles. The van der Waals surface area contributed by atoms with Gasteiger partial charge in [0, 0.05) is 0 Å². The quantitative estimate of drug-likeness (QED) is 0.529. The van der Waals surface area contributed by atoms with E-state index in [4.69, 9.17) is 0 Å². The van der Waals surface area contributed by atoms with Crippen LogP contribution in [-0.2, 0) is 0 Å². The van der Waals surface area contributed by atoms with Crippen LogP contribution >= 0.6 is 0 Å². The normalized spacial score (nSPS) is 9.00. The van der Waals surface area contributed by atoms with Gasteiger partial charge in [-0.25, -0.2) is 0 Å². The van der Waals surface area contributed by atoms with Crippen molar-refractivity contribution in [2.75, 3.05) is 0 Å². The summed E-state index contributed by atoms with van der Waals surface area (Å²) in [6.07, 6.45) is 2.85. The van der Waals surface area contributed by atoms with Crippen molar-refractivity contribution in [3.63, 3.8) is 0 Å². The summed E-state index contributed by atoms with van der Waals surface area (Å²) in [6.45, 7) is 5.62. The van der Waals surface area contributed by atoms with Crippen molar-refractivity contribution >= 4 is 0 Å². The molecule has 1 aromatic carbocycles. The van der Waals surface area contributed by atoms with Crippen molar-refractivity contribution < 1.29 is 0 Å². The van der Waals surface area contributed by atoms with E-state index in [-0.39, 0.29) is 0 Å². The van der Waals surface area contributed by atoms with Crippen molar-refractivity contribution in [1.29, 1.82) is 0 Å². The zero-order valence-electron chi connectivity index (χ0n) is 5.52. The lowest BCUT2D eigenvalue weighted by Gasteiger charge is -1.94. The third kappa shape index (κ3) is 1.20. The van der Waals surface area contributed by atoms with Gasteiger partial charge in [-0.2, -0.15) is 0 Å². The molecular weight excluding hydrogens is 108 g/mol. The Hall–Kier alpha value is -1.04. The van der Waals surface area contributed by atoms with Crippen LogP contribution in [0, 0.1) is 13.0 Å². The second-order valence-electron chi connectivity index (χ2n) is 1.99. The Morgan fingerprint density at radius 3 is 2.44 bits per heavy atom. The topological polar surface area (TPSA) is 0 Å². The minimum atomic E-state index is 1.09. The van der Waals surface area contributed by atoms with Crippen LogP contribution in [0.3, 0.4) is 0 Å². The smallest absolute Gasteiger partial charge is 0.0155 e. The van der Waals surface area contributed by atoms with E-state index in [9.17, 15) is 0 Å². The van der Waals surface area contributed by atoms with Crippen LogP contribution in [0.5, 0.6) is 0 Å². The zero-order valence-corrected chi connectivity index (χ0v) is 5.52. The Balaban J connectivity index is 3.15. The molecule has 0 saturated carbocycles. The first-order chi connectivity index (χ1) is 4.34. The van der Waals surface area contributed by atoms with Crippen molar-refractivity contribution in [3.8, 4) is 0 Å². The molecule has 0 spiro atoms. The highest BCUT2D eigenvalue weighted by atomic mass is 13.9. The SMILES string of the molecule is C=[C]c1ccccc1C. The first-order valence-corrected chi connectivity index (χ1v) is 2.93. The monoisotopic (exact) mass is 117 g/mol. The van der Waals surface area contributed by atoms with E-state index in [1.807, 2.05) is 31.2 Å². The average Bonchev–Trinajstić information content (AvgIpc) is 1.89. The second-order valence-corrected chi connectivity index (χ2v) is 1.99. The van der Waals surface area contributed by atoms with Gasteiger partial charge >= 0.3 is 0 Å². The second kappa shape index (κ2) is 2.49. The molecule has 1 radical (unpaired) electrons. The number of hydrogen-bond donors (Lipinski definition) is 0. The Kier molecular flexibility index (Phi) is 1.69. The predicted molar refractivity (Wildman–Crippen MR) is 39.2 cm³/mol. The first kappa shape index (κ1) is 6.09. The van der Waals surface area contributed by atoms with E-state index in [0.717, 1.165) is 5.56 Å². The van der Waals surface area contributed by atoms with Crippen LogP contribution in [-0.4, -0.2) is 0 Å². The molecule has 0 aliphatic heterocycles. The molecule has 0 aliphatic carbocycles. The van der Waals surface area contributed by atoms with E-state index in [0.29, 0.717) is 0 Å². The number of aryl methyl sites for hydroxylation is 1. The van der Waals surface area contributed by atoms with Crippen molar-refractivity contribution in [3.05, 3.63) is 48.0 Å². The van der Waals surface area contributed by atoms with E-state index in [2.05, 4.69) is 12.7 Å². The summed E-state index contributed by atoms with van der Waals surface area (Å²) in [5.74, 6) is 0. The summed E-state index contributed by atoms with van der Waals surface area (Å²) >= 11 is 0. The number of rotatable bonds is 1. The van der Waals surface area contributed by atoms with Crippen LogP contribution in [0.25, 0.3) is 0 Å². The summed E-state index contributed by atoms with van der Waals surface area (Å²) in [7, 11) is 0. The van der Waals surface area contributed by atoms with Crippen LogP contribution < -0.4 is 0 Å². The molecule has 0 fully saturated rings. The van der Waals surface area contributed by atoms with Gasteiger partial charge in [-0.1, -0.05) is 30.8 Å². The highest BCUT2D eigenvalue weighted by Crippen LogP contribution is 2.04. The van der Waals surface area contributed by atoms with Gasteiger partial charge in [-0.3, -0.25) is 0 Å². The molecule has 1 rings (SSSR count). The van der Waals surface area contributed by atoms with Crippen LogP contribution in [0.1, 0.15) is 11.1 Å². The van der Waals surface area contributed by atoms with Gasteiger partial charge in [0.1, 0.15) is 0 Å². The van der Waals surface area contributed by atoms with Gasteiger partial charge in [-0.15, -0.1) is 0 Å². The number of hydrogen-bond acceptors (Lipinski definition) is 0. The van der Waals surface area contributed by atoms with Crippen molar-refractivity contribution in [1.82, 2.24) is 0 Å². The lowest BCUT2D eigenvalue weighted by molar-refractivity contribution is 1.40. The van der Waals surface area contributed by atoms with E-state index < -0.39 is 0 Å². The molecule has 0 atom stereocenters. The van der Waals surface area contributed by atoms with Gasteiger partial charge in [0.15, 0.2) is 0 Å². The fourth-order valence-corrected chi connectivity index (χ4v) is 0.771. The Morgan fingerprint density at radius 2 is 2.00 bits per heavy atom. The molecule has 0 unspecified atom stereocenters. The molecule has 0 aromatic heterocycles. The lowest BCUT2D eigenvalue weighted by atomic mass is 10.1. The lowest BCUT2D eigenvalue weighted by Crippen LogP contribution is -1.77. The summed E-state index contributed by atoms with van der Waals surface area (Å²) in [5.41, 5.74) is 2.32. The van der Waals surface area contributed by atoms with E-state index in [1.165, 1.54) is 5.56 Å². The largest absolute Gasteiger partial charge is 0.0905 e. The molecule has 0 saturated heterocycles. The maximum absolute atomic E-state index is 3.57. The summed E-state index contributed by atoms with van der Waals surface area (Å²) in [6, 6.07) is 8.05. The molecule has 1 aromatic rings.